The number of aliphatic hydroxyl groups is 3. The topological polar surface area (TPSA) is 74.4 Å². The number of ether oxygens (including phenoxy) is 1. The Morgan fingerprint density at radius 3 is 2.04 bits per heavy atom. The monoisotopic (exact) mass is 360 g/mol. The Labute approximate surface area is 155 Å². The molecule has 5 nitrogen and oxygen atoms in total. The summed E-state index contributed by atoms with van der Waals surface area (Å²) in [5, 5.41) is 28.5. The van der Waals surface area contributed by atoms with E-state index in [0.717, 1.165) is 16.0 Å². The van der Waals surface area contributed by atoms with Gasteiger partial charge in [-0.15, -0.1) is 0 Å². The standard InChI is InChI=1S/C21H29NO4/c1-17-7-9-19(10-8-17)21(18-5-3-2-4-6-18)26-16-20(25)15-22(11-13-23)12-14-24/h2-10,20-21,23-25H,11-16H2,1H3/p+1/t20-,21-/m0/s1. The molecule has 0 fully saturated rings. The minimum absolute atomic E-state index is 0.0267. The van der Waals surface area contributed by atoms with Gasteiger partial charge in [-0.2, -0.15) is 0 Å². The molecule has 0 amide bonds. The van der Waals surface area contributed by atoms with Crippen LogP contribution in [0.25, 0.3) is 0 Å². The summed E-state index contributed by atoms with van der Waals surface area (Å²) >= 11 is 0. The molecule has 0 heterocycles. The van der Waals surface area contributed by atoms with Crippen LogP contribution < -0.4 is 4.90 Å². The molecule has 0 spiro atoms. The Kier molecular flexibility index (Phi) is 8.74. The number of aryl methyl sites for hydroxylation is 1. The Hall–Kier alpha value is -1.76. The fourth-order valence-electron chi connectivity index (χ4n) is 3.00. The molecule has 0 saturated heterocycles. The molecule has 0 bridgehead atoms. The molecule has 0 aliphatic carbocycles. The lowest BCUT2D eigenvalue weighted by Gasteiger charge is -2.24. The Morgan fingerprint density at radius 2 is 1.46 bits per heavy atom. The van der Waals surface area contributed by atoms with Crippen molar-refractivity contribution in [3.05, 3.63) is 71.3 Å². The summed E-state index contributed by atoms with van der Waals surface area (Å²) in [5.41, 5.74) is 3.27. The Morgan fingerprint density at radius 1 is 0.885 bits per heavy atom. The van der Waals surface area contributed by atoms with Crippen LogP contribution in [-0.4, -0.2) is 60.9 Å². The van der Waals surface area contributed by atoms with Gasteiger partial charge < -0.3 is 25.0 Å². The molecule has 2 rings (SSSR count). The third-order valence-electron chi connectivity index (χ3n) is 4.39. The van der Waals surface area contributed by atoms with E-state index in [9.17, 15) is 5.11 Å². The van der Waals surface area contributed by atoms with E-state index < -0.39 is 6.10 Å². The van der Waals surface area contributed by atoms with Crippen molar-refractivity contribution < 1.29 is 25.0 Å². The summed E-state index contributed by atoms with van der Waals surface area (Å²) in [6.45, 7) is 3.71. The lowest BCUT2D eigenvalue weighted by atomic mass is 10.0. The molecule has 0 aromatic heterocycles. The molecular formula is C21H30NO4+. The predicted molar refractivity (Wildman–Crippen MR) is 101 cm³/mol. The normalized spacial score (nSPS) is 13.7. The van der Waals surface area contributed by atoms with Gasteiger partial charge in [-0.3, -0.25) is 0 Å². The lowest BCUT2D eigenvalue weighted by molar-refractivity contribution is -0.904. The van der Waals surface area contributed by atoms with E-state index in [1.54, 1.807) is 0 Å². The van der Waals surface area contributed by atoms with Crippen molar-refractivity contribution in [2.45, 2.75) is 19.1 Å². The molecule has 0 aliphatic rings. The molecule has 5 heteroatoms. The summed E-state index contributed by atoms with van der Waals surface area (Å²) in [6.07, 6.45) is -0.912. The van der Waals surface area contributed by atoms with Gasteiger partial charge in [-0.05, 0) is 18.1 Å². The molecule has 0 radical (unpaired) electrons. The van der Waals surface area contributed by atoms with Crippen LogP contribution in [0.5, 0.6) is 0 Å². The number of rotatable bonds is 11. The first-order chi connectivity index (χ1) is 12.6. The molecule has 2 atom stereocenters. The zero-order valence-electron chi connectivity index (χ0n) is 15.3. The van der Waals surface area contributed by atoms with Crippen LogP contribution in [-0.2, 0) is 4.74 Å². The molecule has 4 N–H and O–H groups in total. The van der Waals surface area contributed by atoms with Gasteiger partial charge in [0.1, 0.15) is 31.8 Å². The van der Waals surface area contributed by atoms with Gasteiger partial charge >= 0.3 is 0 Å². The van der Waals surface area contributed by atoms with Crippen molar-refractivity contribution in [2.75, 3.05) is 39.5 Å². The van der Waals surface area contributed by atoms with Gasteiger partial charge in [0.25, 0.3) is 0 Å². The number of hydrogen-bond acceptors (Lipinski definition) is 4. The van der Waals surface area contributed by atoms with Crippen LogP contribution in [0.15, 0.2) is 54.6 Å². The molecule has 26 heavy (non-hydrogen) atoms. The Balaban J connectivity index is 2.04. The maximum Gasteiger partial charge on any atom is 0.126 e. The van der Waals surface area contributed by atoms with Gasteiger partial charge in [0.2, 0.25) is 0 Å². The summed E-state index contributed by atoms with van der Waals surface area (Å²) in [6, 6.07) is 18.2. The van der Waals surface area contributed by atoms with Gasteiger partial charge in [-0.1, -0.05) is 60.2 Å². The number of nitrogens with one attached hydrogen (secondary N) is 1. The molecular weight excluding hydrogens is 330 g/mol. The van der Waals surface area contributed by atoms with Gasteiger partial charge in [0.05, 0.1) is 19.8 Å². The van der Waals surface area contributed by atoms with Crippen LogP contribution in [0.1, 0.15) is 22.8 Å². The maximum absolute atomic E-state index is 10.4. The summed E-state index contributed by atoms with van der Waals surface area (Å²) in [4.78, 5) is 0.956. The van der Waals surface area contributed by atoms with E-state index in [4.69, 9.17) is 14.9 Å². The van der Waals surface area contributed by atoms with E-state index in [0.29, 0.717) is 19.6 Å². The minimum atomic E-state index is -0.667. The largest absolute Gasteiger partial charge is 0.391 e. The van der Waals surface area contributed by atoms with E-state index >= 15 is 0 Å². The smallest absolute Gasteiger partial charge is 0.126 e. The van der Waals surface area contributed by atoms with Gasteiger partial charge in [0.15, 0.2) is 0 Å². The first-order valence-corrected chi connectivity index (χ1v) is 9.10. The van der Waals surface area contributed by atoms with Crippen molar-refractivity contribution in [1.29, 1.82) is 0 Å². The molecule has 0 aliphatic heterocycles. The maximum atomic E-state index is 10.4. The first kappa shape index (κ1) is 20.6. The summed E-state index contributed by atoms with van der Waals surface area (Å²) in [5.74, 6) is 0. The highest BCUT2D eigenvalue weighted by molar-refractivity contribution is 5.31. The average molecular weight is 360 g/mol. The van der Waals surface area contributed by atoms with Crippen LogP contribution in [0, 0.1) is 6.92 Å². The first-order valence-electron chi connectivity index (χ1n) is 9.10. The molecule has 0 saturated carbocycles. The van der Waals surface area contributed by atoms with Crippen molar-refractivity contribution in [3.8, 4) is 0 Å². The lowest BCUT2D eigenvalue weighted by Crippen LogP contribution is -3.14. The molecule has 2 aromatic rings. The predicted octanol–water partition coefficient (Wildman–Crippen LogP) is 0.331. The van der Waals surface area contributed by atoms with Gasteiger partial charge in [-0.25, -0.2) is 0 Å². The van der Waals surface area contributed by atoms with Crippen molar-refractivity contribution in [3.63, 3.8) is 0 Å². The second kappa shape index (κ2) is 11.1. The second-order valence-corrected chi connectivity index (χ2v) is 6.59. The third kappa shape index (κ3) is 6.52. The number of hydrogen-bond donors (Lipinski definition) is 4. The number of aliphatic hydroxyl groups excluding tert-OH is 3. The van der Waals surface area contributed by atoms with Crippen molar-refractivity contribution in [1.82, 2.24) is 0 Å². The fraction of sp³-hybridized carbons (Fsp3) is 0.429. The van der Waals surface area contributed by atoms with Crippen molar-refractivity contribution >= 4 is 0 Å². The molecule has 2 aromatic carbocycles. The number of benzene rings is 2. The van der Waals surface area contributed by atoms with E-state index in [1.807, 2.05) is 37.3 Å². The van der Waals surface area contributed by atoms with Gasteiger partial charge in [0, 0.05) is 0 Å². The van der Waals surface area contributed by atoms with E-state index in [2.05, 4.69) is 24.3 Å². The van der Waals surface area contributed by atoms with Crippen LogP contribution in [0.3, 0.4) is 0 Å². The third-order valence-corrected chi connectivity index (χ3v) is 4.39. The Bertz CT molecular complexity index is 612. The minimum Gasteiger partial charge on any atom is -0.391 e. The highest BCUT2D eigenvalue weighted by atomic mass is 16.5. The summed E-state index contributed by atoms with van der Waals surface area (Å²) in [7, 11) is 0. The van der Waals surface area contributed by atoms with Crippen LogP contribution >= 0.6 is 0 Å². The summed E-state index contributed by atoms with van der Waals surface area (Å²) < 4.78 is 6.08. The quantitative estimate of drug-likeness (QED) is 0.466. The zero-order valence-corrected chi connectivity index (χ0v) is 15.3. The highest BCUT2D eigenvalue weighted by Crippen LogP contribution is 2.26. The molecule has 0 unspecified atom stereocenters. The van der Waals surface area contributed by atoms with E-state index in [-0.39, 0.29) is 25.9 Å². The highest BCUT2D eigenvalue weighted by Gasteiger charge is 2.19. The molecule has 142 valence electrons. The zero-order chi connectivity index (χ0) is 18.8. The average Bonchev–Trinajstić information content (AvgIpc) is 2.64. The SMILES string of the molecule is Cc1ccc([C@@H](OC[C@@H](O)C[NH+](CCO)CCO)c2ccccc2)cc1. The van der Waals surface area contributed by atoms with Crippen LogP contribution in [0.2, 0.25) is 0 Å². The second-order valence-electron chi connectivity index (χ2n) is 6.59. The van der Waals surface area contributed by atoms with Crippen LogP contribution in [0.4, 0.5) is 0 Å². The number of quaternary nitrogens is 1. The van der Waals surface area contributed by atoms with E-state index in [1.165, 1.54) is 5.56 Å². The fourth-order valence-corrected chi connectivity index (χ4v) is 3.00. The van der Waals surface area contributed by atoms with Crippen molar-refractivity contribution in [2.24, 2.45) is 0 Å².